The second kappa shape index (κ2) is 7.17. The molecule has 6 nitrogen and oxygen atoms in total. The quantitative estimate of drug-likeness (QED) is 0.867. The van der Waals surface area contributed by atoms with Crippen molar-refractivity contribution < 1.29 is 8.42 Å². The Labute approximate surface area is 142 Å². The van der Waals surface area contributed by atoms with Crippen molar-refractivity contribution in [1.82, 2.24) is 10.2 Å². The second-order valence-corrected chi connectivity index (χ2v) is 7.80. The third kappa shape index (κ3) is 4.03. The lowest BCUT2D eigenvalue weighted by Gasteiger charge is -2.22. The molecule has 1 heterocycles. The van der Waals surface area contributed by atoms with Gasteiger partial charge >= 0.3 is 0 Å². The third-order valence-electron chi connectivity index (χ3n) is 4.24. The Morgan fingerprint density at radius 1 is 0.958 bits per heavy atom. The van der Waals surface area contributed by atoms with Gasteiger partial charge < -0.3 is 5.32 Å². The minimum absolute atomic E-state index is 0.215. The fourth-order valence-corrected chi connectivity index (χ4v) is 4.21. The van der Waals surface area contributed by atoms with Gasteiger partial charge in [0.05, 0.1) is 4.90 Å². The van der Waals surface area contributed by atoms with Crippen LogP contribution in [0.4, 0.5) is 11.6 Å². The van der Waals surface area contributed by atoms with Crippen LogP contribution in [0.25, 0.3) is 0 Å². The van der Waals surface area contributed by atoms with E-state index in [0.29, 0.717) is 17.4 Å². The first-order chi connectivity index (χ1) is 11.5. The first-order valence-corrected chi connectivity index (χ1v) is 9.72. The first-order valence-electron chi connectivity index (χ1n) is 8.23. The molecule has 1 aliphatic rings. The van der Waals surface area contributed by atoms with Crippen molar-refractivity contribution in [2.75, 3.05) is 10.0 Å². The normalized spacial score (nSPS) is 15.9. The number of sulfonamides is 1. The number of nitrogens with one attached hydrogen (secondary N) is 2. The van der Waals surface area contributed by atoms with Crippen molar-refractivity contribution in [2.45, 2.75) is 50.0 Å². The highest BCUT2D eigenvalue weighted by Gasteiger charge is 2.18. The lowest BCUT2D eigenvalue weighted by molar-refractivity contribution is 0.461. The molecule has 1 fully saturated rings. The SMILES string of the molecule is Cc1ccccc1S(=O)(=O)Nc1ccc(NC2CCCCC2)nn1. The number of hydrogen-bond acceptors (Lipinski definition) is 5. The van der Waals surface area contributed by atoms with E-state index in [1.165, 1.54) is 19.3 Å². The van der Waals surface area contributed by atoms with Gasteiger partial charge in [-0.15, -0.1) is 10.2 Å². The zero-order chi connectivity index (χ0) is 17.0. The smallest absolute Gasteiger partial charge is 0.263 e. The van der Waals surface area contributed by atoms with Gasteiger partial charge in [0.15, 0.2) is 5.82 Å². The van der Waals surface area contributed by atoms with E-state index in [1.807, 2.05) is 0 Å². The highest BCUT2D eigenvalue weighted by Crippen LogP contribution is 2.21. The van der Waals surface area contributed by atoms with Gasteiger partial charge in [-0.3, -0.25) is 4.72 Å². The van der Waals surface area contributed by atoms with E-state index < -0.39 is 10.0 Å². The molecule has 0 saturated heterocycles. The van der Waals surface area contributed by atoms with E-state index in [1.54, 1.807) is 43.3 Å². The molecule has 0 atom stereocenters. The molecule has 2 N–H and O–H groups in total. The van der Waals surface area contributed by atoms with Gasteiger partial charge in [-0.25, -0.2) is 8.42 Å². The topological polar surface area (TPSA) is 84.0 Å². The minimum atomic E-state index is -3.66. The summed E-state index contributed by atoms with van der Waals surface area (Å²) in [7, 11) is -3.66. The molecule has 0 radical (unpaired) electrons. The van der Waals surface area contributed by atoms with E-state index in [9.17, 15) is 8.42 Å². The summed E-state index contributed by atoms with van der Waals surface area (Å²) in [6.07, 6.45) is 6.05. The Kier molecular flexibility index (Phi) is 4.99. The largest absolute Gasteiger partial charge is 0.366 e. The zero-order valence-electron chi connectivity index (χ0n) is 13.7. The summed E-state index contributed by atoms with van der Waals surface area (Å²) in [5, 5.41) is 11.4. The number of benzene rings is 1. The average Bonchev–Trinajstić information content (AvgIpc) is 2.58. The van der Waals surface area contributed by atoms with Gasteiger partial charge in [0, 0.05) is 6.04 Å². The van der Waals surface area contributed by atoms with Crippen LogP contribution in [-0.2, 0) is 10.0 Å². The molecule has 1 aliphatic carbocycles. The van der Waals surface area contributed by atoms with Crippen molar-refractivity contribution in [3.8, 4) is 0 Å². The molecule has 1 aromatic carbocycles. The second-order valence-electron chi connectivity index (χ2n) is 6.15. The Hall–Kier alpha value is -2.15. The maximum atomic E-state index is 12.4. The highest BCUT2D eigenvalue weighted by molar-refractivity contribution is 7.92. The van der Waals surface area contributed by atoms with Crippen LogP contribution < -0.4 is 10.0 Å². The lowest BCUT2D eigenvalue weighted by Crippen LogP contribution is -2.23. The number of aromatic nitrogens is 2. The Morgan fingerprint density at radius 3 is 2.29 bits per heavy atom. The summed E-state index contributed by atoms with van der Waals surface area (Å²) in [5.41, 5.74) is 0.688. The Morgan fingerprint density at radius 2 is 1.62 bits per heavy atom. The van der Waals surface area contributed by atoms with Crippen molar-refractivity contribution >= 4 is 21.7 Å². The molecule has 0 bridgehead atoms. The van der Waals surface area contributed by atoms with Gasteiger partial charge in [-0.1, -0.05) is 37.5 Å². The van der Waals surface area contributed by atoms with Crippen LogP contribution in [0.1, 0.15) is 37.7 Å². The fourth-order valence-electron chi connectivity index (χ4n) is 2.97. The van der Waals surface area contributed by atoms with Crippen LogP contribution >= 0.6 is 0 Å². The van der Waals surface area contributed by atoms with E-state index >= 15 is 0 Å². The van der Waals surface area contributed by atoms with Crippen LogP contribution in [0, 0.1) is 6.92 Å². The van der Waals surface area contributed by atoms with Crippen molar-refractivity contribution in [3.63, 3.8) is 0 Å². The molecule has 7 heteroatoms. The molecule has 3 rings (SSSR count). The number of hydrogen-bond donors (Lipinski definition) is 2. The molecule has 128 valence electrons. The predicted octanol–water partition coefficient (Wildman–Crippen LogP) is 3.33. The third-order valence-corrected chi connectivity index (χ3v) is 5.76. The zero-order valence-corrected chi connectivity index (χ0v) is 14.5. The first kappa shape index (κ1) is 16.7. The molecule has 1 saturated carbocycles. The van der Waals surface area contributed by atoms with Crippen LogP contribution in [0.2, 0.25) is 0 Å². The van der Waals surface area contributed by atoms with E-state index in [4.69, 9.17) is 0 Å². The summed E-state index contributed by atoms with van der Waals surface area (Å²) in [5.74, 6) is 0.896. The molecule has 0 unspecified atom stereocenters. The van der Waals surface area contributed by atoms with E-state index in [2.05, 4.69) is 20.2 Å². The minimum Gasteiger partial charge on any atom is -0.366 e. The fraction of sp³-hybridized carbons (Fsp3) is 0.412. The molecular formula is C17H22N4O2S. The van der Waals surface area contributed by atoms with Crippen LogP contribution in [-0.4, -0.2) is 24.7 Å². The molecule has 0 amide bonds. The van der Waals surface area contributed by atoms with Crippen molar-refractivity contribution in [1.29, 1.82) is 0 Å². The van der Waals surface area contributed by atoms with Crippen LogP contribution in [0.3, 0.4) is 0 Å². The maximum Gasteiger partial charge on any atom is 0.263 e. The summed E-state index contributed by atoms with van der Waals surface area (Å²) >= 11 is 0. The van der Waals surface area contributed by atoms with E-state index in [-0.39, 0.29) is 10.7 Å². The molecule has 0 aliphatic heterocycles. The van der Waals surface area contributed by atoms with Gasteiger partial charge in [-0.05, 0) is 43.5 Å². The number of nitrogens with zero attached hydrogens (tertiary/aromatic N) is 2. The average molecular weight is 346 g/mol. The highest BCUT2D eigenvalue weighted by atomic mass is 32.2. The molecule has 0 spiro atoms. The number of anilines is 2. The van der Waals surface area contributed by atoms with Crippen LogP contribution in [0.15, 0.2) is 41.3 Å². The van der Waals surface area contributed by atoms with Gasteiger partial charge in [0.25, 0.3) is 10.0 Å². The molecular weight excluding hydrogens is 324 g/mol. The van der Waals surface area contributed by atoms with Gasteiger partial charge in [0.1, 0.15) is 5.82 Å². The van der Waals surface area contributed by atoms with Crippen molar-refractivity contribution in [3.05, 3.63) is 42.0 Å². The standard InChI is InChI=1S/C17H22N4O2S/c1-13-7-5-6-10-15(13)24(22,23)21-17-12-11-16(19-20-17)18-14-8-3-2-4-9-14/h5-7,10-12,14H,2-4,8-9H2,1H3,(H,18,19)(H,20,21). The van der Waals surface area contributed by atoms with Crippen molar-refractivity contribution in [2.24, 2.45) is 0 Å². The molecule has 24 heavy (non-hydrogen) atoms. The lowest BCUT2D eigenvalue weighted by atomic mass is 9.95. The summed E-state index contributed by atoms with van der Waals surface area (Å²) in [4.78, 5) is 0.246. The Balaban J connectivity index is 1.68. The number of aryl methyl sites for hydroxylation is 1. The maximum absolute atomic E-state index is 12.4. The summed E-state index contributed by atoms with van der Waals surface area (Å²) < 4.78 is 27.3. The molecule has 1 aromatic heterocycles. The summed E-state index contributed by atoms with van der Waals surface area (Å²) in [6, 6.07) is 10.7. The van der Waals surface area contributed by atoms with Gasteiger partial charge in [-0.2, -0.15) is 0 Å². The summed E-state index contributed by atoms with van der Waals surface area (Å²) in [6.45, 7) is 1.76. The molecule has 2 aromatic rings. The predicted molar refractivity (Wildman–Crippen MR) is 94.5 cm³/mol. The van der Waals surface area contributed by atoms with E-state index in [0.717, 1.165) is 12.8 Å². The Bertz CT molecular complexity index is 784. The monoisotopic (exact) mass is 346 g/mol. The number of rotatable bonds is 5. The van der Waals surface area contributed by atoms with Crippen LogP contribution in [0.5, 0.6) is 0 Å². The van der Waals surface area contributed by atoms with Gasteiger partial charge in [0.2, 0.25) is 0 Å².